The van der Waals surface area contributed by atoms with Gasteiger partial charge in [-0.25, -0.2) is 0 Å². The molecule has 0 bridgehead atoms. The fraction of sp³-hybridized carbons (Fsp3) is 0.647. The fourth-order valence-electron chi connectivity index (χ4n) is 2.34. The first-order chi connectivity index (χ1) is 10.3. The molecule has 0 heterocycles. The van der Waals surface area contributed by atoms with Gasteiger partial charge in [-0.1, -0.05) is 37.3 Å². The molecule has 0 aromatic heterocycles. The molecule has 0 fully saturated rings. The van der Waals surface area contributed by atoms with Crippen molar-refractivity contribution >= 4 is 11.8 Å². The van der Waals surface area contributed by atoms with E-state index < -0.39 is 0 Å². The largest absolute Gasteiger partial charge is 0.394 e. The van der Waals surface area contributed by atoms with Crippen LogP contribution in [0.1, 0.15) is 31.7 Å². The van der Waals surface area contributed by atoms with Gasteiger partial charge < -0.3 is 15.2 Å². The van der Waals surface area contributed by atoms with Crippen LogP contribution in [0, 0.1) is 0 Å². The van der Waals surface area contributed by atoms with Gasteiger partial charge in [-0.2, -0.15) is 11.8 Å². The molecule has 1 unspecified atom stereocenters. The third-order valence-corrected chi connectivity index (χ3v) is 4.69. The Morgan fingerprint density at radius 1 is 1.24 bits per heavy atom. The Hall–Kier alpha value is -0.550. The highest BCUT2D eigenvalue weighted by Crippen LogP contribution is 2.26. The lowest BCUT2D eigenvalue weighted by atomic mass is 9.88. The lowest BCUT2D eigenvalue weighted by Gasteiger charge is -2.34. The van der Waals surface area contributed by atoms with Gasteiger partial charge in [0.2, 0.25) is 0 Å². The Morgan fingerprint density at radius 2 is 2.00 bits per heavy atom. The van der Waals surface area contributed by atoms with E-state index in [9.17, 15) is 5.11 Å². The van der Waals surface area contributed by atoms with E-state index in [4.69, 9.17) is 4.74 Å². The van der Waals surface area contributed by atoms with Crippen LogP contribution in [-0.4, -0.2) is 43.5 Å². The summed E-state index contributed by atoms with van der Waals surface area (Å²) in [7, 11) is 1.74. The lowest BCUT2D eigenvalue weighted by molar-refractivity contribution is 0.157. The molecule has 120 valence electrons. The van der Waals surface area contributed by atoms with Crippen LogP contribution in [0.4, 0.5) is 0 Å². The summed E-state index contributed by atoms with van der Waals surface area (Å²) in [4.78, 5) is 0. The molecule has 21 heavy (non-hydrogen) atoms. The monoisotopic (exact) mass is 311 g/mol. The average Bonchev–Trinajstić information content (AvgIpc) is 2.55. The maximum Gasteiger partial charge on any atom is 0.0677 e. The van der Waals surface area contributed by atoms with Crippen LogP contribution in [0.3, 0.4) is 0 Å². The second kappa shape index (κ2) is 11.1. The molecule has 1 aromatic carbocycles. The summed E-state index contributed by atoms with van der Waals surface area (Å²) in [5.41, 5.74) is 0.865. The number of methoxy groups -OCH3 is 1. The van der Waals surface area contributed by atoms with Gasteiger partial charge in [0.15, 0.2) is 0 Å². The van der Waals surface area contributed by atoms with Gasteiger partial charge in [0.1, 0.15) is 0 Å². The van der Waals surface area contributed by atoms with Crippen LogP contribution < -0.4 is 5.32 Å². The smallest absolute Gasteiger partial charge is 0.0677 e. The third-order valence-electron chi connectivity index (χ3n) is 3.62. The van der Waals surface area contributed by atoms with Crippen molar-refractivity contribution < 1.29 is 9.84 Å². The van der Waals surface area contributed by atoms with E-state index in [1.165, 1.54) is 5.56 Å². The van der Waals surface area contributed by atoms with Crippen molar-refractivity contribution in [1.29, 1.82) is 0 Å². The maximum absolute atomic E-state index is 10.0. The molecule has 0 radical (unpaired) electrons. The average molecular weight is 311 g/mol. The van der Waals surface area contributed by atoms with Crippen LogP contribution in [0.25, 0.3) is 0 Å². The second-order valence-corrected chi connectivity index (χ2v) is 6.47. The molecule has 0 aliphatic heterocycles. The normalized spacial score (nSPS) is 14.0. The number of benzene rings is 1. The summed E-state index contributed by atoms with van der Waals surface area (Å²) in [5.74, 6) is 2.15. The summed E-state index contributed by atoms with van der Waals surface area (Å²) in [6, 6.07) is 10.3. The summed E-state index contributed by atoms with van der Waals surface area (Å²) in [5, 5.41) is 13.6. The summed E-state index contributed by atoms with van der Waals surface area (Å²) >= 11 is 1.93. The molecule has 1 atom stereocenters. The third kappa shape index (κ3) is 6.39. The van der Waals surface area contributed by atoms with E-state index >= 15 is 0 Å². The molecule has 0 saturated carbocycles. The standard InChI is InChI=1S/C17H29NO2S/c1-3-11-18-17(15-19,16-8-5-4-6-9-16)10-14-21-13-7-12-20-2/h4-6,8-9,18-19H,3,7,10-15H2,1-2H3. The van der Waals surface area contributed by atoms with Gasteiger partial charge in [0.25, 0.3) is 0 Å². The first-order valence-electron chi connectivity index (χ1n) is 7.77. The minimum absolute atomic E-state index is 0.135. The second-order valence-electron chi connectivity index (χ2n) is 5.24. The predicted molar refractivity (Wildman–Crippen MR) is 91.9 cm³/mol. The van der Waals surface area contributed by atoms with Crippen molar-refractivity contribution in [1.82, 2.24) is 5.32 Å². The lowest BCUT2D eigenvalue weighted by Crippen LogP contribution is -2.46. The molecular formula is C17H29NO2S. The van der Waals surface area contributed by atoms with E-state index in [0.29, 0.717) is 0 Å². The fourth-order valence-corrected chi connectivity index (χ4v) is 3.36. The number of ether oxygens (including phenoxy) is 1. The molecule has 2 N–H and O–H groups in total. The summed E-state index contributed by atoms with van der Waals surface area (Å²) in [6.45, 7) is 4.03. The van der Waals surface area contributed by atoms with Crippen molar-refractivity contribution in [3.63, 3.8) is 0 Å². The van der Waals surface area contributed by atoms with Crippen molar-refractivity contribution in [2.45, 2.75) is 31.7 Å². The first-order valence-corrected chi connectivity index (χ1v) is 8.92. The summed E-state index contributed by atoms with van der Waals surface area (Å²) < 4.78 is 5.07. The number of aliphatic hydroxyl groups excluding tert-OH is 1. The first kappa shape index (κ1) is 18.5. The SMILES string of the molecule is CCCNC(CO)(CCSCCCOC)c1ccccc1. The highest BCUT2D eigenvalue weighted by Gasteiger charge is 2.30. The van der Waals surface area contributed by atoms with Gasteiger partial charge in [0, 0.05) is 13.7 Å². The zero-order chi connectivity index (χ0) is 15.4. The zero-order valence-electron chi connectivity index (χ0n) is 13.3. The van der Waals surface area contributed by atoms with Crippen LogP contribution in [0.5, 0.6) is 0 Å². The molecule has 3 nitrogen and oxygen atoms in total. The van der Waals surface area contributed by atoms with Crippen LogP contribution in [-0.2, 0) is 10.3 Å². The quantitative estimate of drug-likeness (QED) is 0.582. The van der Waals surface area contributed by atoms with Crippen molar-refractivity contribution in [3.8, 4) is 0 Å². The predicted octanol–water partition coefficient (Wildman–Crippen LogP) is 3.03. The van der Waals surface area contributed by atoms with Crippen molar-refractivity contribution in [2.24, 2.45) is 0 Å². The Balaban J connectivity index is 2.59. The topological polar surface area (TPSA) is 41.5 Å². The molecule has 0 aliphatic rings. The van der Waals surface area contributed by atoms with Crippen molar-refractivity contribution in [3.05, 3.63) is 35.9 Å². The van der Waals surface area contributed by atoms with Gasteiger partial charge in [-0.3, -0.25) is 0 Å². The minimum atomic E-state index is -0.314. The van der Waals surface area contributed by atoms with E-state index in [1.807, 2.05) is 30.0 Å². The van der Waals surface area contributed by atoms with E-state index in [2.05, 4.69) is 24.4 Å². The Kier molecular flexibility index (Phi) is 9.76. The Morgan fingerprint density at radius 3 is 2.62 bits per heavy atom. The molecule has 4 heteroatoms. The zero-order valence-corrected chi connectivity index (χ0v) is 14.1. The number of thioether (sulfide) groups is 1. The van der Waals surface area contributed by atoms with Crippen LogP contribution in [0.2, 0.25) is 0 Å². The van der Waals surface area contributed by atoms with Gasteiger partial charge in [0.05, 0.1) is 12.1 Å². The molecule has 0 aliphatic carbocycles. The molecule has 0 amide bonds. The molecule has 0 saturated heterocycles. The van der Waals surface area contributed by atoms with E-state index in [-0.39, 0.29) is 12.1 Å². The molecule has 1 aromatic rings. The Bertz CT molecular complexity index is 361. The highest BCUT2D eigenvalue weighted by molar-refractivity contribution is 7.99. The van der Waals surface area contributed by atoms with Crippen LogP contribution in [0.15, 0.2) is 30.3 Å². The van der Waals surface area contributed by atoms with E-state index in [1.54, 1.807) is 7.11 Å². The van der Waals surface area contributed by atoms with E-state index in [0.717, 1.165) is 43.9 Å². The number of hydrogen-bond acceptors (Lipinski definition) is 4. The molecular weight excluding hydrogens is 282 g/mol. The molecule has 0 spiro atoms. The van der Waals surface area contributed by atoms with Gasteiger partial charge >= 0.3 is 0 Å². The van der Waals surface area contributed by atoms with Gasteiger partial charge in [-0.05, 0) is 42.9 Å². The van der Waals surface area contributed by atoms with Gasteiger partial charge in [-0.15, -0.1) is 0 Å². The number of rotatable bonds is 12. The highest BCUT2D eigenvalue weighted by atomic mass is 32.2. The summed E-state index contributed by atoms with van der Waals surface area (Å²) in [6.07, 6.45) is 3.09. The van der Waals surface area contributed by atoms with Crippen LogP contribution >= 0.6 is 11.8 Å². The molecule has 1 rings (SSSR count). The van der Waals surface area contributed by atoms with Crippen molar-refractivity contribution in [2.75, 3.05) is 38.4 Å². The number of nitrogens with one attached hydrogen (secondary N) is 1. The number of hydrogen-bond donors (Lipinski definition) is 2. The maximum atomic E-state index is 10.0. The minimum Gasteiger partial charge on any atom is -0.394 e. The Labute approximate surface area is 133 Å². The number of aliphatic hydroxyl groups is 1.